The highest BCUT2D eigenvalue weighted by Gasteiger charge is 2.28. The summed E-state index contributed by atoms with van der Waals surface area (Å²) in [4.78, 5) is 14.4. The minimum absolute atomic E-state index is 0.232. The Balaban J connectivity index is 1.86. The first-order chi connectivity index (χ1) is 10.5. The number of nitrogens with zero attached hydrogens (tertiary/aromatic N) is 1. The molecule has 0 aromatic heterocycles. The number of hydrogen-bond acceptors (Lipinski definition) is 2. The molecule has 0 aliphatic carbocycles. The van der Waals surface area contributed by atoms with Crippen LogP contribution in [-0.4, -0.2) is 34.6 Å². The topological polar surface area (TPSA) is 40.5 Å². The summed E-state index contributed by atoms with van der Waals surface area (Å²) in [6.07, 6.45) is 3.83. The number of carbonyl (C=O) groups excluding carboxylic acids is 1. The number of amides is 1. The van der Waals surface area contributed by atoms with Crippen molar-refractivity contribution in [2.45, 2.75) is 70.9 Å². The first kappa shape index (κ1) is 17.0. The van der Waals surface area contributed by atoms with Crippen molar-refractivity contribution in [3.05, 3.63) is 35.4 Å². The van der Waals surface area contributed by atoms with Gasteiger partial charge in [0.1, 0.15) is 0 Å². The van der Waals surface area contributed by atoms with Crippen LogP contribution in [0.25, 0.3) is 0 Å². The Labute approximate surface area is 134 Å². The summed E-state index contributed by atoms with van der Waals surface area (Å²) >= 11 is 0. The molecule has 22 heavy (non-hydrogen) atoms. The summed E-state index contributed by atoms with van der Waals surface area (Å²) in [6, 6.07) is 8.84. The molecular formula is C19H29NO2. The van der Waals surface area contributed by atoms with Gasteiger partial charge in [-0.3, -0.25) is 4.79 Å². The van der Waals surface area contributed by atoms with Crippen LogP contribution in [0.15, 0.2) is 24.3 Å². The van der Waals surface area contributed by atoms with Gasteiger partial charge in [-0.25, -0.2) is 0 Å². The van der Waals surface area contributed by atoms with Crippen molar-refractivity contribution in [2.75, 3.05) is 6.54 Å². The van der Waals surface area contributed by atoms with Crippen LogP contribution in [0.4, 0.5) is 0 Å². The molecule has 122 valence electrons. The molecular weight excluding hydrogens is 274 g/mol. The predicted octanol–water partition coefficient (Wildman–Crippen LogP) is 3.50. The van der Waals surface area contributed by atoms with Crippen molar-refractivity contribution >= 4 is 5.91 Å². The molecule has 1 aliphatic heterocycles. The number of hydrogen-bond donors (Lipinski definition) is 1. The summed E-state index contributed by atoms with van der Waals surface area (Å²) in [6.45, 7) is 7.03. The molecule has 2 atom stereocenters. The van der Waals surface area contributed by atoms with Gasteiger partial charge in [0.25, 0.3) is 0 Å². The zero-order valence-corrected chi connectivity index (χ0v) is 14.1. The zero-order chi connectivity index (χ0) is 16.1. The van der Waals surface area contributed by atoms with Crippen molar-refractivity contribution < 1.29 is 9.90 Å². The van der Waals surface area contributed by atoms with Gasteiger partial charge in [0.15, 0.2) is 0 Å². The van der Waals surface area contributed by atoms with Crippen LogP contribution in [0.5, 0.6) is 0 Å². The smallest absolute Gasteiger partial charge is 0.223 e. The van der Waals surface area contributed by atoms with Crippen molar-refractivity contribution in [1.82, 2.24) is 4.90 Å². The summed E-state index contributed by atoms with van der Waals surface area (Å²) in [5.74, 6) is 0.776. The van der Waals surface area contributed by atoms with Gasteiger partial charge in [-0.2, -0.15) is 0 Å². The van der Waals surface area contributed by atoms with Gasteiger partial charge in [0.2, 0.25) is 5.91 Å². The molecule has 1 aliphatic rings. The number of rotatable bonds is 6. The van der Waals surface area contributed by atoms with Crippen LogP contribution in [0.2, 0.25) is 0 Å². The molecule has 0 spiro atoms. The number of carbonyl (C=O) groups is 1. The van der Waals surface area contributed by atoms with E-state index in [4.69, 9.17) is 0 Å². The molecule has 1 N–H and O–H groups in total. The molecule has 0 bridgehead atoms. The van der Waals surface area contributed by atoms with Crippen molar-refractivity contribution in [2.24, 2.45) is 0 Å². The Hall–Kier alpha value is -1.35. The van der Waals surface area contributed by atoms with Crippen LogP contribution in [0, 0.1) is 0 Å². The summed E-state index contributed by atoms with van der Waals surface area (Å²) in [5.41, 5.74) is 2.57. The lowest BCUT2D eigenvalue weighted by molar-refractivity contribution is -0.132. The fourth-order valence-electron chi connectivity index (χ4n) is 3.27. The summed E-state index contributed by atoms with van der Waals surface area (Å²) in [7, 11) is 0. The molecule has 1 aromatic carbocycles. The largest absolute Gasteiger partial charge is 0.393 e. The Morgan fingerprint density at radius 3 is 2.55 bits per heavy atom. The molecule has 1 amide bonds. The van der Waals surface area contributed by atoms with Gasteiger partial charge < -0.3 is 10.0 Å². The third kappa shape index (κ3) is 4.57. The van der Waals surface area contributed by atoms with Crippen LogP contribution in [-0.2, 0) is 11.2 Å². The fourth-order valence-corrected chi connectivity index (χ4v) is 3.27. The quantitative estimate of drug-likeness (QED) is 0.873. The van der Waals surface area contributed by atoms with E-state index >= 15 is 0 Å². The van der Waals surface area contributed by atoms with Gasteiger partial charge in [-0.15, -0.1) is 0 Å². The minimum Gasteiger partial charge on any atom is -0.393 e. The van der Waals surface area contributed by atoms with Crippen LogP contribution < -0.4 is 0 Å². The van der Waals surface area contributed by atoms with E-state index in [0.717, 1.165) is 25.8 Å². The first-order valence-electron chi connectivity index (χ1n) is 8.53. The highest BCUT2D eigenvalue weighted by Crippen LogP contribution is 2.23. The molecule has 1 heterocycles. The van der Waals surface area contributed by atoms with E-state index in [1.54, 1.807) is 6.92 Å². The lowest BCUT2D eigenvalue weighted by Crippen LogP contribution is -2.37. The Kier molecular flexibility index (Phi) is 6.01. The van der Waals surface area contributed by atoms with E-state index in [0.29, 0.717) is 18.8 Å². The van der Waals surface area contributed by atoms with Gasteiger partial charge >= 0.3 is 0 Å². The van der Waals surface area contributed by atoms with Gasteiger partial charge in [-0.1, -0.05) is 38.1 Å². The molecule has 2 rings (SSSR count). The molecule has 1 saturated heterocycles. The third-order valence-electron chi connectivity index (χ3n) is 4.58. The molecule has 2 unspecified atom stereocenters. The average Bonchev–Trinajstić information content (AvgIpc) is 2.92. The zero-order valence-electron chi connectivity index (χ0n) is 14.1. The van der Waals surface area contributed by atoms with Gasteiger partial charge in [0, 0.05) is 19.0 Å². The monoisotopic (exact) mass is 303 g/mol. The average molecular weight is 303 g/mol. The van der Waals surface area contributed by atoms with E-state index in [-0.39, 0.29) is 18.1 Å². The second-order valence-corrected chi connectivity index (χ2v) is 6.86. The molecule has 1 fully saturated rings. The van der Waals surface area contributed by atoms with Gasteiger partial charge in [0.05, 0.1) is 6.10 Å². The van der Waals surface area contributed by atoms with Gasteiger partial charge in [-0.05, 0) is 49.7 Å². The minimum atomic E-state index is -0.332. The number of aliphatic hydroxyl groups excluding tert-OH is 1. The van der Waals surface area contributed by atoms with E-state index in [9.17, 15) is 9.90 Å². The Bertz CT molecular complexity index is 479. The lowest BCUT2D eigenvalue weighted by Gasteiger charge is -2.25. The highest BCUT2D eigenvalue weighted by atomic mass is 16.3. The second kappa shape index (κ2) is 7.77. The maximum absolute atomic E-state index is 12.4. The van der Waals surface area contributed by atoms with Crippen molar-refractivity contribution in [3.8, 4) is 0 Å². The highest BCUT2D eigenvalue weighted by molar-refractivity contribution is 5.77. The summed E-state index contributed by atoms with van der Waals surface area (Å²) < 4.78 is 0. The van der Waals surface area contributed by atoms with Crippen molar-refractivity contribution in [3.63, 3.8) is 0 Å². The Morgan fingerprint density at radius 1 is 1.27 bits per heavy atom. The molecule has 0 radical (unpaired) electrons. The van der Waals surface area contributed by atoms with Crippen LogP contribution in [0.3, 0.4) is 0 Å². The molecule has 3 nitrogen and oxygen atoms in total. The number of benzene rings is 1. The number of aliphatic hydroxyl groups is 1. The second-order valence-electron chi connectivity index (χ2n) is 6.86. The standard InChI is InChI=1S/C19H29NO2/c1-14(2)17-9-6-16(7-10-17)8-11-19(22)20-12-4-5-18(20)13-15(3)21/h6-7,9-10,14-15,18,21H,4-5,8,11-13H2,1-3H3. The predicted molar refractivity (Wildman–Crippen MR) is 89.9 cm³/mol. The maximum atomic E-state index is 12.4. The van der Waals surface area contributed by atoms with Crippen LogP contribution >= 0.6 is 0 Å². The van der Waals surface area contributed by atoms with Crippen molar-refractivity contribution in [1.29, 1.82) is 0 Å². The Morgan fingerprint density at radius 2 is 1.95 bits per heavy atom. The molecule has 1 aromatic rings. The fraction of sp³-hybridized carbons (Fsp3) is 0.632. The number of likely N-dealkylation sites (tertiary alicyclic amines) is 1. The summed E-state index contributed by atoms with van der Waals surface area (Å²) in [5, 5.41) is 9.55. The molecule has 3 heteroatoms. The van der Waals surface area contributed by atoms with E-state index in [1.807, 2.05) is 4.90 Å². The molecule has 0 saturated carbocycles. The van der Waals surface area contributed by atoms with E-state index in [2.05, 4.69) is 38.1 Å². The number of aryl methyl sites for hydroxylation is 1. The first-order valence-corrected chi connectivity index (χ1v) is 8.53. The maximum Gasteiger partial charge on any atom is 0.223 e. The normalized spacial score (nSPS) is 19.7. The van der Waals surface area contributed by atoms with E-state index < -0.39 is 0 Å². The lowest BCUT2D eigenvalue weighted by atomic mass is 10.00. The van der Waals surface area contributed by atoms with Crippen LogP contribution in [0.1, 0.15) is 63.5 Å². The third-order valence-corrected chi connectivity index (χ3v) is 4.58. The van der Waals surface area contributed by atoms with E-state index in [1.165, 1.54) is 11.1 Å². The SMILES string of the molecule is CC(O)CC1CCCN1C(=O)CCc1ccc(C(C)C)cc1.